The van der Waals surface area contributed by atoms with Crippen molar-refractivity contribution in [3.63, 3.8) is 0 Å². The van der Waals surface area contributed by atoms with Crippen LogP contribution in [0.25, 0.3) is 0 Å². The van der Waals surface area contributed by atoms with Crippen molar-refractivity contribution in [2.24, 2.45) is 0 Å². The van der Waals surface area contributed by atoms with Gasteiger partial charge in [-0.25, -0.2) is 0 Å². The Labute approximate surface area is 151 Å². The minimum Gasteiger partial charge on any atom is -0.494 e. The van der Waals surface area contributed by atoms with E-state index in [1.54, 1.807) is 0 Å². The van der Waals surface area contributed by atoms with Gasteiger partial charge in [-0.05, 0) is 37.6 Å². The quantitative estimate of drug-likeness (QED) is 0.600. The van der Waals surface area contributed by atoms with Crippen molar-refractivity contribution in [1.29, 1.82) is 0 Å². The van der Waals surface area contributed by atoms with Gasteiger partial charge in [0.1, 0.15) is 5.75 Å². The number of ether oxygens (including phenoxy) is 2. The Morgan fingerprint density at radius 3 is 2.56 bits per heavy atom. The summed E-state index contributed by atoms with van der Waals surface area (Å²) in [4.78, 5) is 2.11. The van der Waals surface area contributed by atoms with Crippen LogP contribution in [0, 0.1) is 0 Å². The third-order valence-corrected chi connectivity index (χ3v) is 4.55. The van der Waals surface area contributed by atoms with Gasteiger partial charge in [0.05, 0.1) is 25.4 Å². The van der Waals surface area contributed by atoms with Crippen LogP contribution in [0.3, 0.4) is 0 Å². The smallest absolute Gasteiger partial charge is 0.119 e. The molecule has 0 radical (unpaired) electrons. The highest BCUT2D eigenvalue weighted by Crippen LogP contribution is 2.20. The molecule has 0 aromatic heterocycles. The SMILES string of the molecule is CN(Cc1ccc(OCCCO)cc1)C[C@@H](O)COC1CCCCC1. The van der Waals surface area contributed by atoms with Crippen LogP contribution in [0.5, 0.6) is 5.75 Å². The molecule has 1 aliphatic rings. The van der Waals surface area contributed by atoms with Gasteiger partial charge >= 0.3 is 0 Å². The highest BCUT2D eigenvalue weighted by molar-refractivity contribution is 5.27. The minimum atomic E-state index is -0.451. The van der Waals surface area contributed by atoms with E-state index in [0.717, 1.165) is 25.1 Å². The molecular formula is C20H33NO4. The molecular weight excluding hydrogens is 318 g/mol. The first-order valence-corrected chi connectivity index (χ1v) is 9.48. The molecule has 5 heteroatoms. The highest BCUT2D eigenvalue weighted by Gasteiger charge is 2.16. The van der Waals surface area contributed by atoms with Crippen molar-refractivity contribution in [3.8, 4) is 5.75 Å². The molecule has 0 amide bonds. The Morgan fingerprint density at radius 2 is 1.88 bits per heavy atom. The summed E-state index contributed by atoms with van der Waals surface area (Å²) in [7, 11) is 2.01. The van der Waals surface area contributed by atoms with Crippen LogP contribution >= 0.6 is 0 Å². The molecule has 1 saturated carbocycles. The largest absolute Gasteiger partial charge is 0.494 e. The van der Waals surface area contributed by atoms with Crippen molar-refractivity contribution >= 4 is 0 Å². The molecule has 2 rings (SSSR count). The zero-order chi connectivity index (χ0) is 17.9. The maximum atomic E-state index is 10.2. The van der Waals surface area contributed by atoms with Gasteiger partial charge in [0.15, 0.2) is 0 Å². The summed E-state index contributed by atoms with van der Waals surface area (Å²) >= 11 is 0. The van der Waals surface area contributed by atoms with Gasteiger partial charge in [0.25, 0.3) is 0 Å². The third kappa shape index (κ3) is 8.19. The summed E-state index contributed by atoms with van der Waals surface area (Å²) in [6.45, 7) is 2.48. The van der Waals surface area contributed by atoms with E-state index in [1.165, 1.54) is 24.8 Å². The van der Waals surface area contributed by atoms with E-state index in [-0.39, 0.29) is 6.61 Å². The van der Waals surface area contributed by atoms with Gasteiger partial charge in [0.2, 0.25) is 0 Å². The monoisotopic (exact) mass is 351 g/mol. The molecule has 1 fully saturated rings. The molecule has 0 heterocycles. The Bertz CT molecular complexity index is 459. The van der Waals surface area contributed by atoms with Crippen molar-refractivity contribution < 1.29 is 19.7 Å². The summed E-state index contributed by atoms with van der Waals surface area (Å²) in [6.07, 6.45) is 6.62. The van der Waals surface area contributed by atoms with Gasteiger partial charge in [0, 0.05) is 26.1 Å². The first kappa shape index (κ1) is 20.2. The normalized spacial score (nSPS) is 17.0. The number of aliphatic hydroxyl groups is 2. The molecule has 1 aromatic carbocycles. The van der Waals surface area contributed by atoms with Crippen LogP contribution in [-0.2, 0) is 11.3 Å². The van der Waals surface area contributed by atoms with E-state index in [0.29, 0.717) is 32.3 Å². The first-order chi connectivity index (χ1) is 12.2. The highest BCUT2D eigenvalue weighted by atomic mass is 16.5. The average Bonchev–Trinajstić information content (AvgIpc) is 2.62. The lowest BCUT2D eigenvalue weighted by molar-refractivity contribution is -0.0319. The van der Waals surface area contributed by atoms with Crippen LogP contribution < -0.4 is 4.74 Å². The molecule has 1 aromatic rings. The number of rotatable bonds is 11. The van der Waals surface area contributed by atoms with Crippen molar-refractivity contribution in [3.05, 3.63) is 29.8 Å². The number of nitrogens with zero attached hydrogens (tertiary/aromatic N) is 1. The summed E-state index contributed by atoms with van der Waals surface area (Å²) in [6, 6.07) is 7.97. The minimum absolute atomic E-state index is 0.148. The van der Waals surface area contributed by atoms with E-state index < -0.39 is 6.10 Å². The molecule has 1 aliphatic carbocycles. The Hall–Kier alpha value is -1.14. The van der Waals surface area contributed by atoms with Gasteiger partial charge < -0.3 is 19.7 Å². The van der Waals surface area contributed by atoms with E-state index in [1.807, 2.05) is 31.3 Å². The lowest BCUT2D eigenvalue weighted by Crippen LogP contribution is -2.33. The van der Waals surface area contributed by atoms with E-state index in [4.69, 9.17) is 14.6 Å². The third-order valence-electron chi connectivity index (χ3n) is 4.55. The van der Waals surface area contributed by atoms with Gasteiger partial charge in [-0.1, -0.05) is 31.4 Å². The molecule has 1 atom stereocenters. The predicted octanol–water partition coefficient (Wildman–Crippen LogP) is 2.59. The lowest BCUT2D eigenvalue weighted by Gasteiger charge is -2.25. The van der Waals surface area contributed by atoms with Crippen molar-refractivity contribution in [2.45, 2.75) is 57.3 Å². The number of hydrogen-bond acceptors (Lipinski definition) is 5. The molecule has 25 heavy (non-hydrogen) atoms. The summed E-state index contributed by atoms with van der Waals surface area (Å²) in [5, 5.41) is 18.9. The molecule has 0 aliphatic heterocycles. The number of likely N-dealkylation sites (N-methyl/N-ethyl adjacent to an activating group) is 1. The first-order valence-electron chi connectivity index (χ1n) is 9.48. The Balaban J connectivity index is 1.65. The zero-order valence-electron chi connectivity index (χ0n) is 15.4. The van der Waals surface area contributed by atoms with E-state index >= 15 is 0 Å². The van der Waals surface area contributed by atoms with Crippen LogP contribution in [0.1, 0.15) is 44.1 Å². The van der Waals surface area contributed by atoms with Gasteiger partial charge in [-0.2, -0.15) is 0 Å². The number of hydrogen-bond donors (Lipinski definition) is 2. The molecule has 2 N–H and O–H groups in total. The topological polar surface area (TPSA) is 62.2 Å². The van der Waals surface area contributed by atoms with Gasteiger partial charge in [-0.3, -0.25) is 4.90 Å². The molecule has 0 saturated heterocycles. The molecule has 5 nitrogen and oxygen atoms in total. The zero-order valence-corrected chi connectivity index (χ0v) is 15.4. The van der Waals surface area contributed by atoms with Crippen LogP contribution in [0.4, 0.5) is 0 Å². The fraction of sp³-hybridized carbons (Fsp3) is 0.700. The summed E-state index contributed by atoms with van der Waals surface area (Å²) in [5.41, 5.74) is 1.18. The molecule has 142 valence electrons. The molecule has 0 unspecified atom stereocenters. The fourth-order valence-corrected chi connectivity index (χ4v) is 3.21. The van der Waals surface area contributed by atoms with Crippen LogP contribution in [0.2, 0.25) is 0 Å². The predicted molar refractivity (Wildman–Crippen MR) is 98.8 cm³/mol. The number of aliphatic hydroxyl groups excluding tert-OH is 2. The maximum absolute atomic E-state index is 10.2. The van der Waals surface area contributed by atoms with Gasteiger partial charge in [-0.15, -0.1) is 0 Å². The average molecular weight is 351 g/mol. The molecule has 0 bridgehead atoms. The maximum Gasteiger partial charge on any atom is 0.119 e. The lowest BCUT2D eigenvalue weighted by atomic mass is 9.98. The second-order valence-corrected chi connectivity index (χ2v) is 7.01. The van der Waals surface area contributed by atoms with E-state index in [2.05, 4.69) is 4.90 Å². The fourth-order valence-electron chi connectivity index (χ4n) is 3.21. The summed E-state index contributed by atoms with van der Waals surface area (Å²) in [5.74, 6) is 0.820. The second-order valence-electron chi connectivity index (χ2n) is 7.01. The van der Waals surface area contributed by atoms with Crippen LogP contribution in [-0.4, -0.2) is 60.7 Å². The standard InChI is InChI=1S/C20H33NO4/c1-21(15-18(23)16-25-19-6-3-2-4-7-19)14-17-8-10-20(11-9-17)24-13-5-12-22/h8-11,18-19,22-23H,2-7,12-16H2,1H3/t18-/m1/s1. The number of benzene rings is 1. The van der Waals surface area contributed by atoms with E-state index in [9.17, 15) is 5.11 Å². The van der Waals surface area contributed by atoms with Crippen LogP contribution in [0.15, 0.2) is 24.3 Å². The molecule has 0 spiro atoms. The van der Waals surface area contributed by atoms with Crippen molar-refractivity contribution in [1.82, 2.24) is 4.90 Å². The Morgan fingerprint density at radius 1 is 1.16 bits per heavy atom. The summed E-state index contributed by atoms with van der Waals surface area (Å²) < 4.78 is 11.4. The Kier molecular flexibility index (Phi) is 9.26. The van der Waals surface area contributed by atoms with Crippen molar-refractivity contribution in [2.75, 3.05) is 33.4 Å². The second kappa shape index (κ2) is 11.5.